The van der Waals surface area contributed by atoms with Gasteiger partial charge in [-0.1, -0.05) is 42.2 Å². The van der Waals surface area contributed by atoms with Crippen molar-refractivity contribution >= 4 is 11.4 Å². The number of anilines is 2. The van der Waals surface area contributed by atoms with Crippen LogP contribution in [-0.4, -0.2) is 13.7 Å². The lowest BCUT2D eigenvalue weighted by Crippen LogP contribution is -2.15. The van der Waals surface area contributed by atoms with E-state index in [2.05, 4.69) is 17.2 Å². The molecule has 0 aliphatic heterocycles. The van der Waals surface area contributed by atoms with Gasteiger partial charge in [0.15, 0.2) is 11.6 Å². The van der Waals surface area contributed by atoms with Gasteiger partial charge in [0.2, 0.25) is 0 Å². The summed E-state index contributed by atoms with van der Waals surface area (Å²) in [4.78, 5) is 0. The second-order valence-corrected chi connectivity index (χ2v) is 7.92. The zero-order valence-corrected chi connectivity index (χ0v) is 18.1. The molecule has 166 valence electrons. The van der Waals surface area contributed by atoms with Gasteiger partial charge in [-0.05, 0) is 37.6 Å². The van der Waals surface area contributed by atoms with Gasteiger partial charge >= 0.3 is 0 Å². The van der Waals surface area contributed by atoms with Crippen LogP contribution in [0.3, 0.4) is 0 Å². The van der Waals surface area contributed by atoms with E-state index in [9.17, 15) is 13.2 Å². The topological polar surface area (TPSA) is 30.5 Å². The molecule has 0 bridgehead atoms. The summed E-state index contributed by atoms with van der Waals surface area (Å²) in [6.45, 7) is 4.44. The summed E-state index contributed by atoms with van der Waals surface area (Å²) in [6.07, 6.45) is 0. The zero-order valence-electron chi connectivity index (χ0n) is 18.1. The third-order valence-electron chi connectivity index (χ3n) is 4.53. The summed E-state index contributed by atoms with van der Waals surface area (Å²) >= 11 is 0. The van der Waals surface area contributed by atoms with Crippen molar-refractivity contribution in [1.29, 1.82) is 0 Å². The van der Waals surface area contributed by atoms with Gasteiger partial charge in [0.05, 0.1) is 17.9 Å². The molecule has 1 N–H and O–H groups in total. The standard InChI is InChI=1S/C26H24F3NO2/c1-26(2,17-31-3)12-11-21-24(30-20-9-10-22(28)23(29)15-20)13-19(27)14-25(21)32-16-18-7-5-4-6-8-18/h4-10,13-15,30H,16-17H2,1-3H3. The van der Waals surface area contributed by atoms with Crippen LogP contribution in [0.2, 0.25) is 0 Å². The fourth-order valence-corrected chi connectivity index (χ4v) is 3.02. The van der Waals surface area contributed by atoms with Crippen molar-refractivity contribution in [3.63, 3.8) is 0 Å². The third-order valence-corrected chi connectivity index (χ3v) is 4.53. The van der Waals surface area contributed by atoms with Crippen molar-refractivity contribution in [2.24, 2.45) is 5.41 Å². The number of ether oxygens (including phenoxy) is 2. The maximum atomic E-state index is 14.5. The maximum Gasteiger partial charge on any atom is 0.160 e. The van der Waals surface area contributed by atoms with Crippen molar-refractivity contribution in [2.75, 3.05) is 19.0 Å². The highest BCUT2D eigenvalue weighted by Crippen LogP contribution is 2.31. The molecule has 0 aromatic heterocycles. The van der Waals surface area contributed by atoms with Gasteiger partial charge in [-0.15, -0.1) is 0 Å². The minimum absolute atomic E-state index is 0.213. The highest BCUT2D eigenvalue weighted by molar-refractivity contribution is 5.71. The van der Waals surface area contributed by atoms with Gasteiger partial charge in [-0.3, -0.25) is 0 Å². The van der Waals surface area contributed by atoms with E-state index in [0.29, 0.717) is 12.2 Å². The van der Waals surface area contributed by atoms with E-state index in [0.717, 1.165) is 17.7 Å². The summed E-state index contributed by atoms with van der Waals surface area (Å²) in [6, 6.07) is 15.3. The second kappa shape index (κ2) is 10.3. The van der Waals surface area contributed by atoms with Crippen molar-refractivity contribution < 1.29 is 22.6 Å². The minimum Gasteiger partial charge on any atom is -0.487 e. The molecule has 0 aliphatic rings. The van der Waals surface area contributed by atoms with Crippen LogP contribution in [0.25, 0.3) is 0 Å². The van der Waals surface area contributed by atoms with E-state index in [1.807, 2.05) is 44.2 Å². The maximum absolute atomic E-state index is 14.5. The van der Waals surface area contributed by atoms with Crippen molar-refractivity contribution in [3.8, 4) is 17.6 Å². The molecule has 0 spiro atoms. The molecule has 32 heavy (non-hydrogen) atoms. The molecular weight excluding hydrogens is 415 g/mol. The summed E-state index contributed by atoms with van der Waals surface area (Å²) in [7, 11) is 1.59. The lowest BCUT2D eigenvalue weighted by molar-refractivity contribution is 0.137. The Bertz CT molecular complexity index is 1140. The average Bonchev–Trinajstić information content (AvgIpc) is 2.75. The van der Waals surface area contributed by atoms with Crippen LogP contribution in [0.15, 0.2) is 60.7 Å². The van der Waals surface area contributed by atoms with E-state index in [4.69, 9.17) is 9.47 Å². The number of methoxy groups -OCH3 is 1. The molecule has 0 saturated heterocycles. The molecule has 0 atom stereocenters. The lowest BCUT2D eigenvalue weighted by Gasteiger charge is -2.17. The van der Waals surface area contributed by atoms with Crippen LogP contribution in [0.4, 0.5) is 24.5 Å². The fourth-order valence-electron chi connectivity index (χ4n) is 3.02. The van der Waals surface area contributed by atoms with Crippen molar-refractivity contribution in [2.45, 2.75) is 20.5 Å². The smallest absolute Gasteiger partial charge is 0.160 e. The van der Waals surface area contributed by atoms with Crippen LogP contribution in [0.1, 0.15) is 25.0 Å². The Balaban J connectivity index is 2.02. The summed E-state index contributed by atoms with van der Waals surface area (Å²) in [5, 5.41) is 2.93. The summed E-state index contributed by atoms with van der Waals surface area (Å²) < 4.78 is 52.6. The first-order chi connectivity index (χ1) is 15.3. The van der Waals surface area contributed by atoms with E-state index in [1.165, 1.54) is 18.2 Å². The number of hydrogen-bond acceptors (Lipinski definition) is 3. The first-order valence-electron chi connectivity index (χ1n) is 10.0. The molecule has 0 amide bonds. The molecule has 0 heterocycles. The Hall–Kier alpha value is -3.43. The van der Waals surface area contributed by atoms with Gasteiger partial charge in [-0.25, -0.2) is 13.2 Å². The van der Waals surface area contributed by atoms with Gasteiger partial charge in [0.1, 0.15) is 18.2 Å². The Morgan fingerprint density at radius 2 is 1.69 bits per heavy atom. The van der Waals surface area contributed by atoms with Gasteiger partial charge < -0.3 is 14.8 Å². The largest absolute Gasteiger partial charge is 0.487 e. The highest BCUT2D eigenvalue weighted by Gasteiger charge is 2.16. The molecular formula is C26H24F3NO2. The van der Waals surface area contributed by atoms with Crippen LogP contribution in [-0.2, 0) is 11.3 Å². The van der Waals surface area contributed by atoms with Crippen molar-refractivity contribution in [3.05, 3.63) is 89.2 Å². The molecule has 6 heteroatoms. The Morgan fingerprint density at radius 3 is 2.38 bits per heavy atom. The van der Waals surface area contributed by atoms with E-state index >= 15 is 0 Å². The highest BCUT2D eigenvalue weighted by atomic mass is 19.2. The molecule has 0 fully saturated rings. The number of rotatable bonds is 7. The van der Waals surface area contributed by atoms with E-state index < -0.39 is 22.9 Å². The predicted octanol–water partition coefficient (Wildman–Crippen LogP) is 6.45. The first kappa shape index (κ1) is 23.2. The van der Waals surface area contributed by atoms with Crippen LogP contribution < -0.4 is 10.1 Å². The molecule has 3 aromatic carbocycles. The number of halogens is 3. The van der Waals surface area contributed by atoms with Crippen LogP contribution in [0, 0.1) is 34.7 Å². The summed E-state index contributed by atoms with van der Waals surface area (Å²) in [5.74, 6) is 3.89. The lowest BCUT2D eigenvalue weighted by atomic mass is 9.95. The van der Waals surface area contributed by atoms with E-state index in [1.54, 1.807) is 7.11 Å². The Kier molecular flexibility index (Phi) is 7.45. The van der Waals surface area contributed by atoms with E-state index in [-0.39, 0.29) is 23.7 Å². The molecule has 0 aliphatic carbocycles. The fraction of sp³-hybridized carbons (Fsp3) is 0.231. The average molecular weight is 439 g/mol. The predicted molar refractivity (Wildman–Crippen MR) is 119 cm³/mol. The Labute approximate surface area is 186 Å². The molecule has 3 rings (SSSR count). The number of nitrogens with one attached hydrogen (secondary N) is 1. The molecule has 0 unspecified atom stereocenters. The van der Waals surface area contributed by atoms with Gasteiger partial charge in [0, 0.05) is 30.3 Å². The number of hydrogen-bond donors (Lipinski definition) is 1. The summed E-state index contributed by atoms with van der Waals surface area (Å²) in [5.41, 5.74) is 1.36. The normalized spacial score (nSPS) is 10.9. The van der Waals surface area contributed by atoms with Crippen molar-refractivity contribution in [1.82, 2.24) is 0 Å². The monoisotopic (exact) mass is 439 g/mol. The molecule has 3 nitrogen and oxygen atoms in total. The van der Waals surface area contributed by atoms with Crippen LogP contribution >= 0.6 is 0 Å². The Morgan fingerprint density at radius 1 is 0.938 bits per heavy atom. The quantitative estimate of drug-likeness (QED) is 0.429. The molecule has 0 saturated carbocycles. The molecule has 0 radical (unpaired) electrons. The zero-order chi connectivity index (χ0) is 23.1. The number of benzene rings is 3. The third kappa shape index (κ3) is 6.29. The SMILES string of the molecule is COCC(C)(C)C#Cc1c(Nc2ccc(F)c(F)c2)cc(F)cc1OCc1ccccc1. The molecule has 3 aromatic rings. The van der Waals surface area contributed by atoms with Gasteiger partial charge in [0.25, 0.3) is 0 Å². The first-order valence-corrected chi connectivity index (χ1v) is 10.0. The van der Waals surface area contributed by atoms with Crippen LogP contribution in [0.5, 0.6) is 5.75 Å². The second-order valence-electron chi connectivity index (χ2n) is 7.92. The minimum atomic E-state index is -1.01. The van der Waals surface area contributed by atoms with Gasteiger partial charge in [-0.2, -0.15) is 0 Å².